The summed E-state index contributed by atoms with van der Waals surface area (Å²) in [4.78, 5) is 4.53. The van der Waals surface area contributed by atoms with Crippen LogP contribution >= 0.6 is 11.3 Å². The van der Waals surface area contributed by atoms with Crippen LogP contribution in [0.3, 0.4) is 0 Å². The highest BCUT2D eigenvalue weighted by atomic mass is 32.1. The Hall–Kier alpha value is -1.26. The Morgan fingerprint density at radius 2 is 1.80 bits per heavy atom. The van der Waals surface area contributed by atoms with Gasteiger partial charge in [0, 0.05) is 17.5 Å². The molecule has 2 atom stereocenters. The van der Waals surface area contributed by atoms with Crippen molar-refractivity contribution in [1.82, 2.24) is 10.3 Å². The molecule has 108 valence electrons. The lowest BCUT2D eigenvalue weighted by Gasteiger charge is -2.26. The molecule has 0 bridgehead atoms. The van der Waals surface area contributed by atoms with Gasteiger partial charge in [0.25, 0.3) is 0 Å². The number of aryl methyl sites for hydroxylation is 1. The molecule has 0 aliphatic carbocycles. The molecule has 0 saturated carbocycles. The molecule has 2 rings (SSSR count). The Morgan fingerprint density at radius 1 is 1.15 bits per heavy atom. The Balaban J connectivity index is 2.15. The third-order valence-electron chi connectivity index (χ3n) is 3.41. The molecule has 0 saturated heterocycles. The van der Waals surface area contributed by atoms with Crippen LogP contribution in [-0.4, -0.2) is 4.98 Å². The highest BCUT2D eigenvalue weighted by Gasteiger charge is 2.19. The van der Waals surface area contributed by atoms with Gasteiger partial charge >= 0.3 is 0 Å². The van der Waals surface area contributed by atoms with E-state index in [1.807, 2.05) is 19.1 Å². The van der Waals surface area contributed by atoms with Gasteiger partial charge in [0.15, 0.2) is 0 Å². The number of hydrogen-bond acceptors (Lipinski definition) is 3. The summed E-state index contributed by atoms with van der Waals surface area (Å²) < 4.78 is 13.1. The maximum absolute atomic E-state index is 13.1. The van der Waals surface area contributed by atoms with Gasteiger partial charge in [-0.3, -0.25) is 0 Å². The number of rotatable bonds is 5. The average molecular weight is 292 g/mol. The molecule has 2 nitrogen and oxygen atoms in total. The van der Waals surface area contributed by atoms with Gasteiger partial charge in [-0.05, 0) is 37.5 Å². The fourth-order valence-electron chi connectivity index (χ4n) is 2.28. The summed E-state index contributed by atoms with van der Waals surface area (Å²) in [6, 6.07) is 7.11. The number of thiazole rings is 1. The highest BCUT2D eigenvalue weighted by Crippen LogP contribution is 2.26. The van der Waals surface area contributed by atoms with Crippen molar-refractivity contribution in [3.05, 3.63) is 51.7 Å². The van der Waals surface area contributed by atoms with Crippen LogP contribution in [0.25, 0.3) is 0 Å². The van der Waals surface area contributed by atoms with Gasteiger partial charge in [0.1, 0.15) is 5.82 Å². The largest absolute Gasteiger partial charge is 0.302 e. The van der Waals surface area contributed by atoms with E-state index in [9.17, 15) is 4.39 Å². The molecule has 0 amide bonds. The van der Waals surface area contributed by atoms with E-state index < -0.39 is 0 Å². The van der Waals surface area contributed by atoms with E-state index in [-0.39, 0.29) is 17.9 Å². The second-order valence-electron chi connectivity index (χ2n) is 5.45. The number of hydrogen-bond donors (Lipinski definition) is 1. The van der Waals surface area contributed by atoms with E-state index in [4.69, 9.17) is 0 Å². The van der Waals surface area contributed by atoms with Crippen LogP contribution < -0.4 is 5.32 Å². The standard InChI is InChI=1S/C16H21FN2S/c1-10(2)16(13-5-7-14(17)8-6-13)18-11(3)15-9-20-12(4)19-15/h5-11,16,18H,1-4H3. The highest BCUT2D eigenvalue weighted by molar-refractivity contribution is 7.09. The number of nitrogens with one attached hydrogen (secondary N) is 1. The molecule has 0 aliphatic heterocycles. The van der Waals surface area contributed by atoms with Gasteiger partial charge in [0.2, 0.25) is 0 Å². The zero-order valence-electron chi connectivity index (χ0n) is 12.4. The van der Waals surface area contributed by atoms with E-state index in [2.05, 4.69) is 36.5 Å². The number of aromatic nitrogens is 1. The van der Waals surface area contributed by atoms with Crippen LogP contribution in [0, 0.1) is 18.7 Å². The summed E-state index contributed by atoms with van der Waals surface area (Å²) in [5.74, 6) is 0.224. The van der Waals surface area contributed by atoms with Crippen molar-refractivity contribution in [1.29, 1.82) is 0 Å². The quantitative estimate of drug-likeness (QED) is 0.868. The van der Waals surface area contributed by atoms with Crippen molar-refractivity contribution in [3.8, 4) is 0 Å². The lowest BCUT2D eigenvalue weighted by molar-refractivity contribution is 0.371. The zero-order valence-corrected chi connectivity index (χ0v) is 13.2. The molecular formula is C16H21FN2S. The molecule has 20 heavy (non-hydrogen) atoms. The van der Waals surface area contributed by atoms with Crippen LogP contribution in [0.5, 0.6) is 0 Å². The lowest BCUT2D eigenvalue weighted by atomic mass is 9.95. The summed E-state index contributed by atoms with van der Waals surface area (Å²) in [5, 5.41) is 6.78. The number of benzene rings is 1. The van der Waals surface area contributed by atoms with Gasteiger partial charge < -0.3 is 5.32 Å². The van der Waals surface area contributed by atoms with Gasteiger partial charge in [0.05, 0.1) is 10.7 Å². The molecule has 0 radical (unpaired) electrons. The smallest absolute Gasteiger partial charge is 0.123 e. The molecule has 0 spiro atoms. The molecule has 1 heterocycles. The minimum Gasteiger partial charge on any atom is -0.302 e. The molecule has 1 aromatic heterocycles. The van der Waals surface area contributed by atoms with Crippen molar-refractivity contribution >= 4 is 11.3 Å². The fourth-order valence-corrected chi connectivity index (χ4v) is 2.98. The molecule has 2 unspecified atom stereocenters. The maximum Gasteiger partial charge on any atom is 0.123 e. The minimum atomic E-state index is -0.195. The van der Waals surface area contributed by atoms with Crippen LogP contribution in [-0.2, 0) is 0 Å². The van der Waals surface area contributed by atoms with E-state index in [1.165, 1.54) is 12.1 Å². The van der Waals surface area contributed by atoms with Crippen molar-refractivity contribution < 1.29 is 4.39 Å². The minimum absolute atomic E-state index is 0.178. The van der Waals surface area contributed by atoms with Crippen LogP contribution in [0.4, 0.5) is 4.39 Å². The van der Waals surface area contributed by atoms with E-state index in [1.54, 1.807) is 11.3 Å². The van der Waals surface area contributed by atoms with Crippen molar-refractivity contribution in [2.45, 2.75) is 39.8 Å². The maximum atomic E-state index is 13.1. The van der Waals surface area contributed by atoms with Crippen LogP contribution in [0.2, 0.25) is 0 Å². The first kappa shape index (κ1) is 15.1. The van der Waals surface area contributed by atoms with Gasteiger partial charge in [-0.15, -0.1) is 11.3 Å². The Bertz CT molecular complexity index is 548. The summed E-state index contributed by atoms with van der Waals surface area (Å²) >= 11 is 1.67. The van der Waals surface area contributed by atoms with Gasteiger partial charge in [-0.25, -0.2) is 9.37 Å². The lowest BCUT2D eigenvalue weighted by Crippen LogP contribution is -2.28. The second kappa shape index (κ2) is 6.46. The van der Waals surface area contributed by atoms with Gasteiger partial charge in [-0.1, -0.05) is 26.0 Å². The van der Waals surface area contributed by atoms with E-state index >= 15 is 0 Å². The topological polar surface area (TPSA) is 24.9 Å². The SMILES string of the molecule is Cc1nc(C(C)NC(c2ccc(F)cc2)C(C)C)cs1. The predicted molar refractivity (Wildman–Crippen MR) is 82.4 cm³/mol. The Kier molecular flexibility index (Phi) is 4.89. The molecular weight excluding hydrogens is 271 g/mol. The molecule has 4 heteroatoms. The number of halogens is 1. The van der Waals surface area contributed by atoms with Crippen molar-refractivity contribution in [2.24, 2.45) is 5.92 Å². The fraction of sp³-hybridized carbons (Fsp3) is 0.438. The zero-order chi connectivity index (χ0) is 14.7. The summed E-state index contributed by atoms with van der Waals surface area (Å²) in [6.07, 6.45) is 0. The predicted octanol–water partition coefficient (Wildman–Crippen LogP) is 4.64. The Morgan fingerprint density at radius 3 is 2.30 bits per heavy atom. The normalized spacial score (nSPS) is 14.5. The number of nitrogens with zero attached hydrogens (tertiary/aromatic N) is 1. The molecule has 1 N–H and O–H groups in total. The summed E-state index contributed by atoms with van der Waals surface area (Å²) in [7, 11) is 0. The Labute approximate surface area is 124 Å². The third kappa shape index (κ3) is 3.64. The first-order chi connectivity index (χ1) is 9.47. The van der Waals surface area contributed by atoms with E-state index in [0.717, 1.165) is 16.3 Å². The van der Waals surface area contributed by atoms with E-state index in [0.29, 0.717) is 5.92 Å². The molecule has 2 aromatic rings. The van der Waals surface area contributed by atoms with Crippen LogP contribution in [0.15, 0.2) is 29.6 Å². The monoisotopic (exact) mass is 292 g/mol. The second-order valence-corrected chi connectivity index (χ2v) is 6.52. The van der Waals surface area contributed by atoms with Gasteiger partial charge in [-0.2, -0.15) is 0 Å². The van der Waals surface area contributed by atoms with Crippen molar-refractivity contribution in [3.63, 3.8) is 0 Å². The first-order valence-corrected chi connectivity index (χ1v) is 7.79. The average Bonchev–Trinajstić information content (AvgIpc) is 2.83. The third-order valence-corrected chi connectivity index (χ3v) is 4.20. The van der Waals surface area contributed by atoms with Crippen LogP contribution in [0.1, 0.15) is 49.1 Å². The summed E-state index contributed by atoms with van der Waals surface area (Å²) in [6.45, 7) is 8.47. The first-order valence-electron chi connectivity index (χ1n) is 6.91. The molecule has 1 aromatic carbocycles. The molecule has 0 fully saturated rings. The summed E-state index contributed by atoms with van der Waals surface area (Å²) in [5.41, 5.74) is 2.18. The molecule has 0 aliphatic rings. The van der Waals surface area contributed by atoms with Crippen molar-refractivity contribution in [2.75, 3.05) is 0 Å².